The molecule has 0 aromatic heterocycles. The van der Waals surface area contributed by atoms with Crippen LogP contribution in [0.5, 0.6) is 11.5 Å². The third-order valence-corrected chi connectivity index (χ3v) is 15.4. The van der Waals surface area contributed by atoms with Gasteiger partial charge in [-0.25, -0.2) is 13.2 Å². The summed E-state index contributed by atoms with van der Waals surface area (Å²) in [6.07, 6.45) is -11.9. The molecule has 0 atom stereocenters. The zero-order valence-electron chi connectivity index (χ0n) is 35.2. The maximum absolute atomic E-state index is 15.1. The molecule has 21 heteroatoms. The summed E-state index contributed by atoms with van der Waals surface area (Å²) in [5, 5.41) is 5.39. The minimum absolute atomic E-state index is 0.0507. The van der Waals surface area contributed by atoms with Crippen molar-refractivity contribution in [2.45, 2.75) is 48.3 Å². The molecule has 6 aromatic rings. The largest absolute Gasteiger partial charge is 0.494 e. The molecule has 2 amide bonds. The van der Waals surface area contributed by atoms with Gasteiger partial charge in [-0.1, -0.05) is 24.3 Å². The Labute approximate surface area is 417 Å². The number of methoxy groups -OCH3 is 1. The van der Waals surface area contributed by atoms with Gasteiger partial charge in [0.15, 0.2) is 11.5 Å². The Morgan fingerprint density at radius 3 is 1.56 bits per heavy atom. The van der Waals surface area contributed by atoms with Crippen molar-refractivity contribution in [2.75, 3.05) is 17.7 Å². The van der Waals surface area contributed by atoms with E-state index in [2.05, 4.69) is 74.4 Å². The highest BCUT2D eigenvalue weighted by Gasteiger charge is 2.73. The Bertz CT molecular complexity index is 3210. The minimum Gasteiger partial charge on any atom is -0.494 e. The van der Waals surface area contributed by atoms with Crippen molar-refractivity contribution in [3.05, 3.63) is 159 Å². The lowest BCUT2D eigenvalue weighted by Crippen LogP contribution is -2.54. The Balaban J connectivity index is 1.13. The van der Waals surface area contributed by atoms with E-state index in [0.29, 0.717) is 46.5 Å². The van der Waals surface area contributed by atoms with Gasteiger partial charge in [-0.05, 0) is 180 Å². The van der Waals surface area contributed by atoms with Crippen LogP contribution in [0.25, 0.3) is 11.1 Å². The Morgan fingerprint density at radius 1 is 0.588 bits per heavy atom. The Kier molecular flexibility index (Phi) is 13.8. The molecule has 0 saturated carbocycles. The molecule has 2 N–H and O–H groups in total. The quantitative estimate of drug-likeness (QED) is 0.0596. The normalized spacial score (nSPS) is 13.0. The number of hydrogen-bond acceptors (Lipinski definition) is 8. The summed E-state index contributed by atoms with van der Waals surface area (Å²) in [4.78, 5) is 52.0. The molecule has 0 radical (unpaired) electrons. The third-order valence-electron chi connectivity index (χ3n) is 11.1. The molecule has 0 unspecified atom stereocenters. The smallest absolute Gasteiger partial charge is 0.411 e. The fraction of sp³-hybridized carbons (Fsp3) is 0.149. The topological polar surface area (TPSA) is 145 Å². The fourth-order valence-corrected chi connectivity index (χ4v) is 12.6. The van der Waals surface area contributed by atoms with Gasteiger partial charge in [-0.2, -0.15) is 26.3 Å². The molecule has 0 fully saturated rings. The van der Waals surface area contributed by atoms with Crippen molar-refractivity contribution in [1.82, 2.24) is 0 Å². The number of ketones is 1. The Hall–Kier alpha value is -5.35. The van der Waals surface area contributed by atoms with Crippen molar-refractivity contribution in [3.63, 3.8) is 0 Å². The van der Waals surface area contributed by atoms with Crippen LogP contribution in [-0.2, 0) is 15.3 Å². The number of carbonyl (C=O) groups excluding carboxylic acids is 4. The lowest BCUT2D eigenvalue weighted by atomic mass is 9.73. The summed E-state index contributed by atoms with van der Waals surface area (Å²) in [7, 11) is -3.03. The van der Waals surface area contributed by atoms with E-state index >= 15 is 26.3 Å². The number of ether oxygens (including phenoxy) is 2. The summed E-state index contributed by atoms with van der Waals surface area (Å²) >= 11 is 12.0. The number of sulfone groups is 1. The van der Waals surface area contributed by atoms with Crippen LogP contribution in [0.3, 0.4) is 0 Å². The van der Waals surface area contributed by atoms with Crippen molar-refractivity contribution in [1.29, 1.82) is 0 Å². The van der Waals surface area contributed by atoms with Crippen molar-refractivity contribution in [2.24, 2.45) is 0 Å². The third kappa shape index (κ3) is 8.91. The van der Waals surface area contributed by atoms with E-state index in [0.717, 1.165) is 6.07 Å². The molecular formula is C47H30Br4F6N2O8S. The molecule has 6 aromatic carbocycles. The SMILES string of the molecule is COc1c(Br)cc(C(c2cc(Br)c(OC(=O)c3cccc(C(=O)Nc4ccc5c(c4C)S(=O)(=O)c4cc(NC(=O)c6cccc(C(C)=O)c6)c(C)cc4-5)c3)c(Br)c2)(C(F)(F)F)C(F)(F)F)cc1Br. The van der Waals surface area contributed by atoms with Crippen LogP contribution < -0.4 is 20.1 Å². The van der Waals surface area contributed by atoms with Crippen LogP contribution in [0, 0.1) is 13.8 Å². The van der Waals surface area contributed by atoms with E-state index in [1.807, 2.05) is 0 Å². The zero-order valence-corrected chi connectivity index (χ0v) is 42.4. The van der Waals surface area contributed by atoms with E-state index in [-0.39, 0.29) is 63.9 Å². The van der Waals surface area contributed by atoms with Gasteiger partial charge in [0.25, 0.3) is 11.8 Å². The number of alkyl halides is 6. The molecular weight excluding hydrogens is 1190 g/mol. The van der Waals surface area contributed by atoms with Crippen LogP contribution in [-0.4, -0.2) is 51.4 Å². The van der Waals surface area contributed by atoms with E-state index in [9.17, 15) is 27.6 Å². The summed E-state index contributed by atoms with van der Waals surface area (Å²) < 4.78 is 128. The molecule has 0 saturated heterocycles. The first-order chi connectivity index (χ1) is 31.7. The number of benzene rings is 6. The second kappa shape index (κ2) is 18.5. The highest BCUT2D eigenvalue weighted by Crippen LogP contribution is 2.59. The molecule has 1 heterocycles. The van der Waals surface area contributed by atoms with Crippen molar-refractivity contribution < 1.29 is 63.4 Å². The number of fused-ring (bicyclic) bond motifs is 3. The number of esters is 1. The van der Waals surface area contributed by atoms with Crippen LogP contribution in [0.2, 0.25) is 0 Å². The molecule has 0 bridgehead atoms. The summed E-state index contributed by atoms with van der Waals surface area (Å²) in [5.41, 5.74) is -5.18. The summed E-state index contributed by atoms with van der Waals surface area (Å²) in [6.45, 7) is 4.55. The number of aryl methyl sites for hydroxylation is 1. The number of Topliss-reactive ketones (excluding diaryl/α,β-unsaturated/α-hetero) is 1. The first-order valence-electron chi connectivity index (χ1n) is 19.5. The molecule has 1 aliphatic rings. The maximum Gasteiger partial charge on any atom is 0.411 e. The second-order valence-corrected chi connectivity index (χ2v) is 20.6. The summed E-state index contributed by atoms with van der Waals surface area (Å²) in [5.74, 6) is -3.27. The number of anilines is 2. The number of rotatable bonds is 10. The molecule has 352 valence electrons. The van der Waals surface area contributed by atoms with Crippen molar-refractivity contribution >= 4 is 108 Å². The molecule has 7 rings (SSSR count). The maximum atomic E-state index is 15.1. The predicted octanol–water partition coefficient (Wildman–Crippen LogP) is 13.5. The Morgan fingerprint density at radius 2 is 1.06 bits per heavy atom. The summed E-state index contributed by atoms with van der Waals surface area (Å²) in [6, 6.07) is 19.5. The first-order valence-corrected chi connectivity index (χ1v) is 24.1. The van der Waals surface area contributed by atoms with E-state index in [4.69, 9.17) is 9.47 Å². The average molecular weight is 1220 g/mol. The number of amides is 2. The number of hydrogen-bond donors (Lipinski definition) is 2. The van der Waals surface area contributed by atoms with Crippen LogP contribution in [0.4, 0.5) is 37.7 Å². The molecule has 10 nitrogen and oxygen atoms in total. The molecule has 1 aliphatic heterocycles. The van der Waals surface area contributed by atoms with Gasteiger partial charge in [0.05, 0.1) is 40.4 Å². The molecule has 0 aliphatic carbocycles. The minimum atomic E-state index is -5.97. The fourth-order valence-electron chi connectivity index (χ4n) is 7.79. The zero-order chi connectivity index (χ0) is 50.0. The van der Waals surface area contributed by atoms with Crippen LogP contribution >= 0.6 is 63.7 Å². The number of nitrogens with one attached hydrogen (secondary N) is 2. The highest BCUT2D eigenvalue weighted by atomic mass is 79.9. The van der Waals surface area contributed by atoms with Gasteiger partial charge in [-0.3, -0.25) is 14.4 Å². The molecule has 68 heavy (non-hydrogen) atoms. The van der Waals surface area contributed by atoms with Gasteiger partial charge in [-0.15, -0.1) is 0 Å². The van der Waals surface area contributed by atoms with E-state index in [1.165, 1.54) is 69.5 Å². The van der Waals surface area contributed by atoms with Crippen LogP contribution in [0.1, 0.15) is 70.6 Å². The lowest BCUT2D eigenvalue weighted by Gasteiger charge is -2.39. The monoisotopic (exact) mass is 1210 g/mol. The average Bonchev–Trinajstić information content (AvgIpc) is 3.47. The highest BCUT2D eigenvalue weighted by molar-refractivity contribution is 9.11. The first kappa shape index (κ1) is 50.5. The van der Waals surface area contributed by atoms with Crippen LogP contribution in [0.15, 0.2) is 125 Å². The predicted molar refractivity (Wildman–Crippen MR) is 254 cm³/mol. The van der Waals surface area contributed by atoms with Gasteiger partial charge < -0.3 is 20.1 Å². The van der Waals surface area contributed by atoms with E-state index < -0.39 is 71.2 Å². The number of halogens is 10. The van der Waals surface area contributed by atoms with E-state index in [1.54, 1.807) is 25.1 Å². The van der Waals surface area contributed by atoms with Crippen molar-refractivity contribution in [3.8, 4) is 22.6 Å². The van der Waals surface area contributed by atoms with Gasteiger partial charge >= 0.3 is 18.3 Å². The second-order valence-electron chi connectivity index (χ2n) is 15.3. The van der Waals surface area contributed by atoms with Gasteiger partial charge in [0, 0.05) is 39.2 Å². The standard InChI is InChI=1S/C47H30Br4F6N2O8S/c1-21-13-31-30-11-12-36(22(2)41(30)68(64,65)38(31)20-37(21)59-43(62)25-8-5-7-24(14-25)23(3)60)58-42(61)26-9-6-10-27(15-26)44(63)67-40-34(50)18-29(19-35(40)51)45(46(52,53)54,47(55,56)57)28-16-32(48)39(66-4)33(49)17-28/h5-20H,1-4H3,(H,58,61)(H,59,62). The molecule has 0 spiro atoms. The van der Waals surface area contributed by atoms with Gasteiger partial charge in [0.2, 0.25) is 15.3 Å². The van der Waals surface area contributed by atoms with Gasteiger partial charge in [0.1, 0.15) is 5.75 Å². The number of carbonyl (C=O) groups is 4. The lowest BCUT2D eigenvalue weighted by molar-refractivity contribution is -0.288.